The Hall–Kier alpha value is -3.59. The minimum Gasteiger partial charge on any atom is -0.497 e. The number of aryl methyl sites for hydroxylation is 1. The molecule has 1 aliphatic rings. The van der Waals surface area contributed by atoms with Crippen LogP contribution in [0.15, 0.2) is 94.4 Å². The van der Waals surface area contributed by atoms with Crippen LogP contribution in [0.3, 0.4) is 0 Å². The summed E-state index contributed by atoms with van der Waals surface area (Å²) >= 11 is 0. The van der Waals surface area contributed by atoms with Crippen molar-refractivity contribution in [3.63, 3.8) is 0 Å². The number of sulfone groups is 1. The Morgan fingerprint density at radius 2 is 1.51 bits per heavy atom. The van der Waals surface area contributed by atoms with E-state index in [1.54, 1.807) is 25.1 Å². The first-order valence-electron chi connectivity index (χ1n) is 10.6. The summed E-state index contributed by atoms with van der Waals surface area (Å²) in [5.41, 5.74) is 1.01. The number of hydrogen-bond acceptors (Lipinski definition) is 5. The summed E-state index contributed by atoms with van der Waals surface area (Å²) in [5.74, 6) is -3.56. The van der Waals surface area contributed by atoms with Crippen LogP contribution in [-0.2, 0) is 14.6 Å². The van der Waals surface area contributed by atoms with Crippen LogP contribution in [0, 0.1) is 6.92 Å². The molecule has 0 saturated heterocycles. The lowest BCUT2D eigenvalue weighted by Crippen LogP contribution is -2.29. The molecule has 182 valence electrons. The monoisotopic (exact) mass is 502 g/mol. The van der Waals surface area contributed by atoms with Crippen molar-refractivity contribution in [2.45, 2.75) is 30.0 Å². The molecule has 2 atom stereocenters. The highest BCUT2D eigenvalue weighted by molar-refractivity contribution is 7.95. The van der Waals surface area contributed by atoms with Gasteiger partial charge in [-0.2, -0.15) is 13.2 Å². The van der Waals surface area contributed by atoms with E-state index < -0.39 is 44.5 Å². The predicted octanol–water partition coefficient (Wildman–Crippen LogP) is 5.62. The number of benzene rings is 3. The molecule has 0 amide bonds. The summed E-state index contributed by atoms with van der Waals surface area (Å²) in [6, 6.07) is 19.0. The second-order valence-electron chi connectivity index (χ2n) is 8.03. The lowest BCUT2D eigenvalue weighted by Gasteiger charge is -2.21. The average Bonchev–Trinajstić information content (AvgIpc) is 3.27. The van der Waals surface area contributed by atoms with Gasteiger partial charge in [-0.05, 0) is 36.8 Å². The van der Waals surface area contributed by atoms with Crippen LogP contribution in [0.25, 0.3) is 0 Å². The number of Topliss-reactive ketones (excluding diaryl/α,β-unsaturated/α-hetero) is 1. The largest absolute Gasteiger partial charge is 0.497 e. The van der Waals surface area contributed by atoms with Crippen molar-refractivity contribution in [3.8, 4) is 5.75 Å². The van der Waals surface area contributed by atoms with Gasteiger partial charge in [-0.1, -0.05) is 60.2 Å². The van der Waals surface area contributed by atoms with Crippen LogP contribution in [0.4, 0.5) is 13.2 Å². The highest BCUT2D eigenvalue weighted by Gasteiger charge is 2.55. The Kier molecular flexibility index (Phi) is 6.46. The lowest BCUT2D eigenvalue weighted by atomic mass is 9.89. The Labute approximate surface area is 200 Å². The zero-order chi connectivity index (χ0) is 25.4. The molecule has 3 aromatic carbocycles. The Bertz CT molecular complexity index is 1360. The number of hydrogen-bond donors (Lipinski definition) is 0. The maximum Gasteiger partial charge on any atom is 0.450 e. The van der Waals surface area contributed by atoms with Crippen molar-refractivity contribution < 1.29 is 35.9 Å². The van der Waals surface area contributed by atoms with Crippen molar-refractivity contribution in [2.75, 3.05) is 7.11 Å². The first-order chi connectivity index (χ1) is 16.5. The van der Waals surface area contributed by atoms with Crippen molar-refractivity contribution in [2.24, 2.45) is 0 Å². The van der Waals surface area contributed by atoms with Crippen molar-refractivity contribution in [1.29, 1.82) is 0 Å². The van der Waals surface area contributed by atoms with E-state index in [9.17, 15) is 26.4 Å². The normalized spacial score (nSPS) is 18.3. The van der Waals surface area contributed by atoms with E-state index in [1.165, 1.54) is 67.8 Å². The number of ketones is 1. The van der Waals surface area contributed by atoms with Crippen molar-refractivity contribution in [3.05, 3.63) is 106 Å². The van der Waals surface area contributed by atoms with E-state index in [0.29, 0.717) is 5.75 Å². The van der Waals surface area contributed by atoms with Gasteiger partial charge in [0, 0.05) is 5.56 Å². The molecule has 9 heteroatoms. The molecule has 0 N–H and O–H groups in total. The van der Waals surface area contributed by atoms with Gasteiger partial charge in [0.25, 0.3) is 0 Å². The van der Waals surface area contributed by atoms with Crippen LogP contribution in [0.5, 0.6) is 5.75 Å². The summed E-state index contributed by atoms with van der Waals surface area (Å²) in [7, 11) is -3.28. The van der Waals surface area contributed by atoms with Gasteiger partial charge in [0.15, 0.2) is 6.10 Å². The number of alkyl halides is 3. The molecule has 0 aromatic heterocycles. The zero-order valence-electron chi connectivity index (χ0n) is 18.7. The van der Waals surface area contributed by atoms with Gasteiger partial charge in [0.1, 0.15) is 10.7 Å². The number of ether oxygens (including phenoxy) is 2. The van der Waals surface area contributed by atoms with E-state index >= 15 is 0 Å². The van der Waals surface area contributed by atoms with Gasteiger partial charge < -0.3 is 9.47 Å². The van der Waals surface area contributed by atoms with Crippen LogP contribution in [0.1, 0.15) is 27.4 Å². The Morgan fingerprint density at radius 1 is 0.914 bits per heavy atom. The molecular formula is C26H21F3O5S. The van der Waals surface area contributed by atoms with Crippen molar-refractivity contribution >= 4 is 15.6 Å². The zero-order valence-corrected chi connectivity index (χ0v) is 19.6. The van der Waals surface area contributed by atoms with Gasteiger partial charge in [-0.3, -0.25) is 4.79 Å². The number of methoxy groups -OCH3 is 1. The smallest absolute Gasteiger partial charge is 0.450 e. The SMILES string of the molecule is COc1ccc(C2C(S(=O)(=O)c3ccc(C)cc3)=C(C(F)(F)F)OC2C(=O)c2ccccc2)cc1. The molecule has 5 nitrogen and oxygen atoms in total. The molecule has 0 fully saturated rings. The summed E-state index contributed by atoms with van der Waals surface area (Å²) in [5, 5.41) is 0. The first-order valence-corrected chi connectivity index (χ1v) is 12.1. The molecule has 2 unspecified atom stereocenters. The lowest BCUT2D eigenvalue weighted by molar-refractivity contribution is -0.131. The molecule has 0 radical (unpaired) electrons. The number of rotatable bonds is 6. The van der Waals surface area contributed by atoms with Crippen LogP contribution in [0.2, 0.25) is 0 Å². The highest BCUT2D eigenvalue weighted by atomic mass is 32.2. The topological polar surface area (TPSA) is 69.7 Å². The van der Waals surface area contributed by atoms with Gasteiger partial charge in [-0.15, -0.1) is 0 Å². The van der Waals surface area contributed by atoms with Crippen LogP contribution >= 0.6 is 0 Å². The summed E-state index contributed by atoms with van der Waals surface area (Å²) in [6.07, 6.45) is -6.89. The Balaban J connectivity index is 1.95. The quantitative estimate of drug-likeness (QED) is 0.410. The van der Waals surface area contributed by atoms with E-state index in [0.717, 1.165) is 5.56 Å². The number of carbonyl (C=O) groups excluding carboxylic acids is 1. The molecule has 0 saturated carbocycles. The van der Waals surface area contributed by atoms with Crippen LogP contribution < -0.4 is 4.74 Å². The van der Waals surface area contributed by atoms with Gasteiger partial charge in [-0.25, -0.2) is 8.42 Å². The van der Waals surface area contributed by atoms with Gasteiger partial charge in [0.2, 0.25) is 21.4 Å². The molecule has 3 aromatic rings. The van der Waals surface area contributed by atoms with E-state index in [1.807, 2.05) is 0 Å². The molecule has 0 spiro atoms. The fourth-order valence-corrected chi connectivity index (χ4v) is 5.73. The minimum absolute atomic E-state index is 0.103. The first kappa shape index (κ1) is 24.5. The molecule has 35 heavy (non-hydrogen) atoms. The fourth-order valence-electron chi connectivity index (χ4n) is 3.98. The standard InChI is InChI=1S/C26H21F3O5S/c1-16-8-14-20(15-9-16)35(31,32)24-21(17-10-12-19(33-2)13-11-17)23(34-25(24)26(27,28)29)22(30)18-6-4-3-5-7-18/h3-15,21,23H,1-2H3. The average molecular weight is 503 g/mol. The van der Waals surface area contributed by atoms with Crippen molar-refractivity contribution in [1.82, 2.24) is 0 Å². The number of halogens is 3. The molecule has 1 aliphatic heterocycles. The maximum atomic E-state index is 14.2. The molecular weight excluding hydrogens is 481 g/mol. The second-order valence-corrected chi connectivity index (χ2v) is 9.95. The minimum atomic E-state index is -5.15. The van der Waals surface area contributed by atoms with Gasteiger partial charge >= 0.3 is 6.18 Å². The molecule has 4 rings (SSSR count). The summed E-state index contributed by atoms with van der Waals surface area (Å²) in [6.45, 7) is 1.73. The fraction of sp³-hybridized carbons (Fsp3) is 0.192. The summed E-state index contributed by atoms with van der Waals surface area (Å²) < 4.78 is 80.2. The van der Waals surface area contributed by atoms with Gasteiger partial charge in [0.05, 0.1) is 17.9 Å². The maximum absolute atomic E-state index is 14.2. The third kappa shape index (κ3) is 4.68. The second kappa shape index (κ2) is 9.22. The highest BCUT2D eigenvalue weighted by Crippen LogP contribution is 2.49. The third-order valence-electron chi connectivity index (χ3n) is 5.72. The third-order valence-corrected chi connectivity index (χ3v) is 7.63. The predicted molar refractivity (Wildman–Crippen MR) is 123 cm³/mol. The summed E-state index contributed by atoms with van der Waals surface area (Å²) in [4.78, 5) is 12.0. The number of carbonyl (C=O) groups is 1. The molecule has 1 heterocycles. The van der Waals surface area contributed by atoms with E-state index in [4.69, 9.17) is 9.47 Å². The van der Waals surface area contributed by atoms with E-state index in [2.05, 4.69) is 0 Å². The number of allylic oxidation sites excluding steroid dienone is 1. The van der Waals surface area contributed by atoms with Crippen LogP contribution in [-0.4, -0.2) is 33.6 Å². The van der Waals surface area contributed by atoms with E-state index in [-0.39, 0.29) is 16.0 Å². The molecule has 0 bridgehead atoms. The molecule has 0 aliphatic carbocycles. The Morgan fingerprint density at radius 3 is 2.06 bits per heavy atom.